The Bertz CT molecular complexity index is 670. The lowest BCUT2D eigenvalue weighted by Gasteiger charge is -2.19. The summed E-state index contributed by atoms with van der Waals surface area (Å²) < 4.78 is 5.17. The van der Waals surface area contributed by atoms with Gasteiger partial charge in [0.25, 0.3) is 0 Å². The molecule has 0 unspecified atom stereocenters. The number of rotatable bonds is 3. The fraction of sp³-hybridized carbons (Fsp3) is 0.353. The van der Waals surface area contributed by atoms with Crippen LogP contribution >= 0.6 is 0 Å². The number of para-hydroxylation sites is 1. The fourth-order valence-electron chi connectivity index (χ4n) is 2.01. The molecular formula is C17H22N4O2. The molecule has 6 nitrogen and oxygen atoms in total. The first-order chi connectivity index (χ1) is 10.7. The summed E-state index contributed by atoms with van der Waals surface area (Å²) in [5.41, 5.74) is 2.71. The Morgan fingerprint density at radius 3 is 2.09 bits per heavy atom. The van der Waals surface area contributed by atoms with E-state index in [1.807, 2.05) is 32.0 Å². The first-order valence-corrected chi connectivity index (χ1v) is 7.41. The number of hydrogen-bond acceptors (Lipinski definition) is 5. The highest BCUT2D eigenvalue weighted by Crippen LogP contribution is 2.23. The molecule has 0 spiro atoms. The van der Waals surface area contributed by atoms with Gasteiger partial charge in [-0.1, -0.05) is 18.2 Å². The number of aryl methyl sites for hydroxylation is 2. The van der Waals surface area contributed by atoms with Crippen molar-refractivity contribution in [2.24, 2.45) is 0 Å². The van der Waals surface area contributed by atoms with Crippen LogP contribution in [0.25, 0.3) is 0 Å². The van der Waals surface area contributed by atoms with E-state index in [-0.39, 0.29) is 0 Å². The van der Waals surface area contributed by atoms with Crippen molar-refractivity contribution in [2.45, 2.75) is 40.2 Å². The summed E-state index contributed by atoms with van der Waals surface area (Å²) in [6.45, 7) is 9.46. The smallest absolute Gasteiger partial charge is 0.413 e. The summed E-state index contributed by atoms with van der Waals surface area (Å²) in [7, 11) is 0. The molecule has 0 bridgehead atoms. The van der Waals surface area contributed by atoms with E-state index in [9.17, 15) is 4.79 Å². The van der Waals surface area contributed by atoms with Gasteiger partial charge in [-0.15, -0.1) is 10.2 Å². The third-order valence-electron chi connectivity index (χ3n) is 3.03. The molecule has 2 aromatic rings. The van der Waals surface area contributed by atoms with E-state index in [4.69, 9.17) is 4.74 Å². The van der Waals surface area contributed by atoms with Crippen LogP contribution in [0.15, 0.2) is 30.3 Å². The summed E-state index contributed by atoms with van der Waals surface area (Å²) >= 11 is 0. The topological polar surface area (TPSA) is 76.1 Å². The van der Waals surface area contributed by atoms with Crippen LogP contribution in [-0.2, 0) is 4.74 Å². The third kappa shape index (κ3) is 4.95. The number of ether oxygens (including phenoxy) is 1. The van der Waals surface area contributed by atoms with E-state index in [0.29, 0.717) is 11.6 Å². The highest BCUT2D eigenvalue weighted by Gasteiger charge is 2.16. The number of nitrogens with one attached hydrogen (secondary N) is 2. The molecule has 1 heterocycles. The molecule has 122 valence electrons. The highest BCUT2D eigenvalue weighted by atomic mass is 16.6. The number of carbonyl (C=O) groups excluding carboxylic acids is 1. The summed E-state index contributed by atoms with van der Waals surface area (Å²) in [4.78, 5) is 11.7. The molecule has 0 aliphatic heterocycles. The van der Waals surface area contributed by atoms with Crippen molar-refractivity contribution in [3.05, 3.63) is 41.5 Å². The number of nitrogens with zero attached hydrogens (tertiary/aromatic N) is 2. The molecule has 1 aromatic carbocycles. The lowest BCUT2D eigenvalue weighted by atomic mass is 10.1. The predicted octanol–water partition coefficient (Wildman–Crippen LogP) is 4.18. The van der Waals surface area contributed by atoms with Gasteiger partial charge < -0.3 is 10.1 Å². The number of aromatic nitrogens is 2. The second kappa shape index (κ2) is 6.64. The van der Waals surface area contributed by atoms with Gasteiger partial charge >= 0.3 is 6.09 Å². The van der Waals surface area contributed by atoms with Crippen molar-refractivity contribution in [3.8, 4) is 0 Å². The molecule has 0 aliphatic carbocycles. The van der Waals surface area contributed by atoms with Crippen molar-refractivity contribution in [2.75, 3.05) is 10.6 Å². The van der Waals surface area contributed by atoms with Gasteiger partial charge in [-0.25, -0.2) is 4.79 Å². The van der Waals surface area contributed by atoms with Gasteiger partial charge in [-0.3, -0.25) is 5.32 Å². The zero-order valence-electron chi connectivity index (χ0n) is 14.1. The van der Waals surface area contributed by atoms with Crippen LogP contribution in [0.1, 0.15) is 31.9 Å². The maximum Gasteiger partial charge on any atom is 0.413 e. The van der Waals surface area contributed by atoms with Gasteiger partial charge in [0.1, 0.15) is 5.60 Å². The molecule has 2 N–H and O–H groups in total. The predicted molar refractivity (Wildman–Crippen MR) is 91.1 cm³/mol. The lowest BCUT2D eigenvalue weighted by molar-refractivity contribution is 0.0635. The van der Waals surface area contributed by atoms with Crippen molar-refractivity contribution in [3.63, 3.8) is 0 Å². The third-order valence-corrected chi connectivity index (χ3v) is 3.03. The monoisotopic (exact) mass is 314 g/mol. The molecule has 0 atom stereocenters. The molecule has 0 saturated heterocycles. The van der Waals surface area contributed by atoms with E-state index < -0.39 is 11.7 Å². The first kappa shape index (κ1) is 16.7. The Morgan fingerprint density at radius 1 is 1.00 bits per heavy atom. The number of anilines is 3. The van der Waals surface area contributed by atoms with Crippen LogP contribution < -0.4 is 10.6 Å². The van der Waals surface area contributed by atoms with Gasteiger partial charge in [-0.2, -0.15) is 0 Å². The van der Waals surface area contributed by atoms with E-state index in [1.54, 1.807) is 32.9 Å². The minimum absolute atomic E-state index is 0.339. The Hall–Kier alpha value is -2.63. The van der Waals surface area contributed by atoms with Crippen LogP contribution in [0.3, 0.4) is 0 Å². The molecule has 0 aliphatic rings. The lowest BCUT2D eigenvalue weighted by Crippen LogP contribution is -2.27. The Labute approximate surface area is 136 Å². The maximum absolute atomic E-state index is 11.7. The molecule has 0 saturated carbocycles. The summed E-state index contributed by atoms with van der Waals surface area (Å²) in [5.74, 6) is 0.948. The molecular weight excluding hydrogens is 292 g/mol. The zero-order valence-corrected chi connectivity index (χ0v) is 14.1. The number of amides is 1. The van der Waals surface area contributed by atoms with Crippen LogP contribution in [0.2, 0.25) is 0 Å². The second-order valence-electron chi connectivity index (χ2n) is 6.32. The highest BCUT2D eigenvalue weighted by molar-refractivity contribution is 5.83. The fourth-order valence-corrected chi connectivity index (χ4v) is 2.01. The number of carbonyl (C=O) groups is 1. The molecule has 2 rings (SSSR count). The summed E-state index contributed by atoms with van der Waals surface area (Å²) in [6.07, 6.45) is -0.553. The van der Waals surface area contributed by atoms with E-state index in [2.05, 4.69) is 20.8 Å². The number of hydrogen-bond donors (Lipinski definition) is 2. The quantitative estimate of drug-likeness (QED) is 0.888. The van der Waals surface area contributed by atoms with Gasteiger partial charge in [0, 0.05) is 5.69 Å². The second-order valence-corrected chi connectivity index (χ2v) is 6.32. The largest absolute Gasteiger partial charge is 0.444 e. The van der Waals surface area contributed by atoms with Crippen LogP contribution in [0.4, 0.5) is 22.1 Å². The van der Waals surface area contributed by atoms with Gasteiger partial charge in [0.15, 0.2) is 11.6 Å². The first-order valence-electron chi connectivity index (χ1n) is 7.41. The Balaban J connectivity index is 2.04. The van der Waals surface area contributed by atoms with Crippen molar-refractivity contribution in [1.82, 2.24) is 10.2 Å². The Kier molecular flexibility index (Phi) is 4.83. The minimum Gasteiger partial charge on any atom is -0.444 e. The van der Waals surface area contributed by atoms with Gasteiger partial charge in [0.05, 0.1) is 0 Å². The number of benzene rings is 1. The Morgan fingerprint density at radius 2 is 1.57 bits per heavy atom. The molecule has 6 heteroatoms. The van der Waals surface area contributed by atoms with Crippen LogP contribution in [0.5, 0.6) is 0 Å². The van der Waals surface area contributed by atoms with Crippen molar-refractivity contribution in [1.29, 1.82) is 0 Å². The zero-order chi connectivity index (χ0) is 17.0. The average molecular weight is 314 g/mol. The van der Waals surface area contributed by atoms with Crippen molar-refractivity contribution < 1.29 is 9.53 Å². The molecule has 0 fully saturated rings. The van der Waals surface area contributed by atoms with E-state index >= 15 is 0 Å². The maximum atomic E-state index is 11.7. The summed E-state index contributed by atoms with van der Waals surface area (Å²) in [5, 5.41) is 13.8. The van der Waals surface area contributed by atoms with Crippen LogP contribution in [-0.4, -0.2) is 21.9 Å². The standard InChI is InChI=1S/C17H22N4O2/c1-11-7-6-8-12(2)15(11)18-13-9-10-14(21-20-13)19-16(22)23-17(3,4)5/h6-10H,1-5H3,(H,18,20)(H,19,21,22). The minimum atomic E-state index is -0.554. The van der Waals surface area contributed by atoms with Gasteiger partial charge in [0.2, 0.25) is 0 Å². The SMILES string of the molecule is Cc1cccc(C)c1Nc1ccc(NC(=O)OC(C)(C)C)nn1. The normalized spacial score (nSPS) is 11.0. The summed E-state index contributed by atoms with van der Waals surface area (Å²) in [6, 6.07) is 9.50. The van der Waals surface area contributed by atoms with E-state index in [0.717, 1.165) is 16.8 Å². The van der Waals surface area contributed by atoms with Crippen LogP contribution in [0, 0.1) is 13.8 Å². The van der Waals surface area contributed by atoms with Gasteiger partial charge in [-0.05, 0) is 57.9 Å². The molecule has 1 aromatic heterocycles. The molecule has 23 heavy (non-hydrogen) atoms. The van der Waals surface area contributed by atoms with E-state index in [1.165, 1.54) is 0 Å². The molecule has 1 amide bonds. The average Bonchev–Trinajstić information content (AvgIpc) is 2.43. The van der Waals surface area contributed by atoms with Crippen molar-refractivity contribution >= 4 is 23.4 Å². The molecule has 0 radical (unpaired) electrons.